The smallest absolute Gasteiger partial charge is 0.143 e. The molecule has 0 spiro atoms. The van der Waals surface area contributed by atoms with Crippen LogP contribution in [0.15, 0.2) is 253 Å². The third-order valence-electron chi connectivity index (χ3n) is 13.4. The van der Waals surface area contributed by atoms with Gasteiger partial charge in [0.15, 0.2) is 0 Å². The Labute approximate surface area is 382 Å². The molecule has 13 rings (SSSR count). The van der Waals surface area contributed by atoms with Crippen LogP contribution in [-0.4, -0.2) is 0 Å². The molecular formula is C64H41NO. The highest BCUT2D eigenvalue weighted by Gasteiger charge is 2.21. The van der Waals surface area contributed by atoms with Gasteiger partial charge in [-0.05, 0) is 137 Å². The molecule has 12 aromatic carbocycles. The Hall–Kier alpha value is -8.72. The number of para-hydroxylation sites is 1. The fourth-order valence-corrected chi connectivity index (χ4v) is 10.1. The predicted molar refractivity (Wildman–Crippen MR) is 280 cm³/mol. The highest BCUT2D eigenvalue weighted by molar-refractivity contribution is 6.20. The van der Waals surface area contributed by atoms with Gasteiger partial charge < -0.3 is 9.32 Å². The van der Waals surface area contributed by atoms with E-state index in [1.165, 1.54) is 65.5 Å². The molecule has 0 unspecified atom stereocenters. The fourth-order valence-electron chi connectivity index (χ4n) is 10.1. The minimum atomic E-state index is 0.878. The Morgan fingerprint density at radius 2 is 0.758 bits per heavy atom. The van der Waals surface area contributed by atoms with Gasteiger partial charge in [-0.25, -0.2) is 0 Å². The van der Waals surface area contributed by atoms with E-state index < -0.39 is 0 Å². The number of hydrogen-bond acceptors (Lipinski definition) is 2. The van der Waals surface area contributed by atoms with Crippen molar-refractivity contribution >= 4 is 82.1 Å². The largest absolute Gasteiger partial charge is 0.455 e. The Morgan fingerprint density at radius 3 is 1.55 bits per heavy atom. The van der Waals surface area contributed by atoms with Crippen LogP contribution in [0.3, 0.4) is 0 Å². The Kier molecular flexibility index (Phi) is 8.89. The van der Waals surface area contributed by atoms with Crippen molar-refractivity contribution in [1.29, 1.82) is 0 Å². The van der Waals surface area contributed by atoms with Gasteiger partial charge in [0, 0.05) is 33.1 Å². The topological polar surface area (TPSA) is 16.4 Å². The van der Waals surface area contributed by atoms with E-state index in [1.54, 1.807) is 0 Å². The third-order valence-corrected chi connectivity index (χ3v) is 13.4. The molecule has 0 fully saturated rings. The molecule has 66 heavy (non-hydrogen) atoms. The van der Waals surface area contributed by atoms with Crippen molar-refractivity contribution in [3.05, 3.63) is 249 Å². The molecule has 0 aliphatic rings. The number of anilines is 3. The minimum Gasteiger partial charge on any atom is -0.455 e. The second kappa shape index (κ2) is 15.5. The average Bonchev–Trinajstić information content (AvgIpc) is 3.79. The lowest BCUT2D eigenvalue weighted by atomic mass is 9.95. The molecule has 0 saturated heterocycles. The van der Waals surface area contributed by atoms with Crippen LogP contribution in [0.4, 0.5) is 17.1 Å². The van der Waals surface area contributed by atoms with Crippen LogP contribution in [0.25, 0.3) is 110 Å². The third kappa shape index (κ3) is 6.42. The van der Waals surface area contributed by atoms with E-state index in [-0.39, 0.29) is 0 Å². The van der Waals surface area contributed by atoms with Crippen molar-refractivity contribution in [3.63, 3.8) is 0 Å². The number of rotatable bonds is 7. The van der Waals surface area contributed by atoms with E-state index >= 15 is 0 Å². The lowest BCUT2D eigenvalue weighted by Crippen LogP contribution is -2.11. The summed E-state index contributed by atoms with van der Waals surface area (Å²) in [6, 6.07) is 90.3. The summed E-state index contributed by atoms with van der Waals surface area (Å²) < 4.78 is 6.70. The molecule has 13 aromatic rings. The molecule has 0 N–H and O–H groups in total. The highest BCUT2D eigenvalue weighted by Crippen LogP contribution is 2.46. The van der Waals surface area contributed by atoms with E-state index in [2.05, 4.69) is 254 Å². The first-order chi connectivity index (χ1) is 32.7. The molecule has 2 nitrogen and oxygen atoms in total. The van der Waals surface area contributed by atoms with Gasteiger partial charge in [-0.3, -0.25) is 0 Å². The van der Waals surface area contributed by atoms with Crippen molar-refractivity contribution in [3.8, 4) is 44.5 Å². The molecule has 0 aliphatic heterocycles. The van der Waals surface area contributed by atoms with Gasteiger partial charge in [-0.2, -0.15) is 0 Å². The normalized spacial score (nSPS) is 11.6. The maximum Gasteiger partial charge on any atom is 0.143 e. The van der Waals surface area contributed by atoms with Crippen molar-refractivity contribution < 1.29 is 4.42 Å². The van der Waals surface area contributed by atoms with Crippen molar-refractivity contribution in [2.24, 2.45) is 0 Å². The number of hydrogen-bond donors (Lipinski definition) is 0. The van der Waals surface area contributed by atoms with Gasteiger partial charge in [0.05, 0.1) is 5.69 Å². The zero-order valence-electron chi connectivity index (χ0n) is 36.0. The summed E-state index contributed by atoms with van der Waals surface area (Å²) >= 11 is 0. The molecular weight excluding hydrogens is 799 g/mol. The van der Waals surface area contributed by atoms with Crippen LogP contribution in [0, 0.1) is 0 Å². The van der Waals surface area contributed by atoms with Gasteiger partial charge in [0.25, 0.3) is 0 Å². The summed E-state index contributed by atoms with van der Waals surface area (Å²) in [5.41, 5.74) is 14.4. The molecule has 1 aromatic heterocycles. The van der Waals surface area contributed by atoms with Gasteiger partial charge in [0.2, 0.25) is 0 Å². The van der Waals surface area contributed by atoms with Crippen LogP contribution in [0.5, 0.6) is 0 Å². The van der Waals surface area contributed by atoms with Crippen LogP contribution in [0.1, 0.15) is 0 Å². The number of benzene rings is 12. The summed E-state index contributed by atoms with van der Waals surface area (Å²) in [5, 5.41) is 12.1. The van der Waals surface area contributed by atoms with Crippen molar-refractivity contribution in [2.75, 3.05) is 4.90 Å². The first-order valence-electron chi connectivity index (χ1n) is 22.6. The molecule has 0 saturated carbocycles. The Bertz CT molecular complexity index is 3990. The maximum absolute atomic E-state index is 6.70. The number of nitrogens with zero attached hydrogens (tertiary/aromatic N) is 1. The first kappa shape index (κ1) is 37.8. The average molecular weight is 840 g/mol. The van der Waals surface area contributed by atoms with Gasteiger partial charge in [0.1, 0.15) is 11.2 Å². The quantitative estimate of drug-likeness (QED) is 0.149. The van der Waals surface area contributed by atoms with Crippen LogP contribution >= 0.6 is 0 Å². The second-order valence-corrected chi connectivity index (χ2v) is 17.3. The van der Waals surface area contributed by atoms with E-state index in [1.807, 2.05) is 0 Å². The van der Waals surface area contributed by atoms with Crippen LogP contribution in [0.2, 0.25) is 0 Å². The molecule has 1 heterocycles. The predicted octanol–water partition coefficient (Wildman–Crippen LogP) is 18.3. The zero-order valence-corrected chi connectivity index (χ0v) is 36.0. The monoisotopic (exact) mass is 839 g/mol. The molecule has 308 valence electrons. The molecule has 2 heteroatoms. The molecule has 0 bridgehead atoms. The summed E-state index contributed by atoms with van der Waals surface area (Å²) in [5.74, 6) is 0. The van der Waals surface area contributed by atoms with E-state index in [0.717, 1.165) is 61.1 Å². The number of furan rings is 1. The van der Waals surface area contributed by atoms with E-state index in [0.29, 0.717) is 0 Å². The van der Waals surface area contributed by atoms with Crippen LogP contribution in [-0.2, 0) is 0 Å². The Balaban J connectivity index is 0.932. The van der Waals surface area contributed by atoms with E-state index in [4.69, 9.17) is 4.42 Å². The van der Waals surface area contributed by atoms with Crippen molar-refractivity contribution in [2.45, 2.75) is 0 Å². The van der Waals surface area contributed by atoms with Gasteiger partial charge in [-0.15, -0.1) is 0 Å². The molecule has 0 aliphatic carbocycles. The lowest BCUT2D eigenvalue weighted by molar-refractivity contribution is 0.673. The summed E-state index contributed by atoms with van der Waals surface area (Å²) in [4.78, 5) is 2.40. The second-order valence-electron chi connectivity index (χ2n) is 17.3. The highest BCUT2D eigenvalue weighted by atomic mass is 16.3. The zero-order chi connectivity index (χ0) is 43.6. The molecule has 0 amide bonds. The summed E-state index contributed by atoms with van der Waals surface area (Å²) in [6.45, 7) is 0. The first-order valence-corrected chi connectivity index (χ1v) is 22.6. The number of fused-ring (bicyclic) bond motifs is 9. The molecule has 0 atom stereocenters. The Morgan fingerprint density at radius 1 is 0.273 bits per heavy atom. The van der Waals surface area contributed by atoms with Gasteiger partial charge in [-0.1, -0.05) is 188 Å². The standard InChI is InChI=1S/C64H41NO/c1-2-14-47-40-51(25-23-42(47)11-1)49-16-9-15-48(39-49)43-27-33-53(34-28-43)65(54-35-29-44(30-36-54)50-32-37-56-52(41-50)26-24-45-12-3-5-17-55(45)56)61-21-8-7-19-58(61)59-20-10-22-62-63(59)60-38-31-46-13-4-6-18-57(46)64(60)66-62/h1-41H. The molecule has 0 radical (unpaired) electrons. The van der Waals surface area contributed by atoms with Crippen LogP contribution < -0.4 is 4.90 Å². The van der Waals surface area contributed by atoms with E-state index in [9.17, 15) is 0 Å². The SMILES string of the molecule is c1cc(-c2ccc(N(c3ccc(-c4ccc5c(ccc6ccccc65)c4)cc3)c3ccccc3-c3cccc4oc5c6ccccc6ccc5c34)cc2)cc(-c2ccc3ccccc3c2)c1. The van der Waals surface area contributed by atoms with Gasteiger partial charge >= 0.3 is 0 Å². The summed E-state index contributed by atoms with van der Waals surface area (Å²) in [7, 11) is 0. The lowest BCUT2D eigenvalue weighted by Gasteiger charge is -2.28. The summed E-state index contributed by atoms with van der Waals surface area (Å²) in [6.07, 6.45) is 0. The maximum atomic E-state index is 6.70. The fraction of sp³-hybridized carbons (Fsp3) is 0. The minimum absolute atomic E-state index is 0.878. The van der Waals surface area contributed by atoms with Crippen molar-refractivity contribution in [1.82, 2.24) is 0 Å².